The van der Waals surface area contributed by atoms with Gasteiger partial charge >= 0.3 is 0 Å². The van der Waals surface area contributed by atoms with Crippen LogP contribution in [0.4, 0.5) is 0 Å². The average molecular weight is 477 g/mol. The van der Waals surface area contributed by atoms with Gasteiger partial charge in [0.15, 0.2) is 0 Å². The molecular weight excluding hydrogens is 451 g/mol. The zero-order valence-corrected chi connectivity index (χ0v) is 19.8. The number of aliphatic hydroxyl groups excluding tert-OH is 1. The number of ether oxygens (including phenoxy) is 1. The highest BCUT2D eigenvalue weighted by Gasteiger charge is 2.45. The molecule has 1 fully saturated rings. The van der Waals surface area contributed by atoms with E-state index in [9.17, 15) is 14.7 Å². The first-order chi connectivity index (χ1) is 15.2. The molecule has 6 nitrogen and oxygen atoms in total. The maximum Gasteiger partial charge on any atom is 0.295 e. The van der Waals surface area contributed by atoms with Gasteiger partial charge in [-0.15, -0.1) is 0 Å². The van der Waals surface area contributed by atoms with Gasteiger partial charge in [0.05, 0.1) is 23.2 Å². The predicted octanol–water partition coefficient (Wildman–Crippen LogP) is 4.77. The van der Waals surface area contributed by atoms with Crippen LogP contribution in [-0.4, -0.2) is 60.4 Å². The first-order valence-electron chi connectivity index (χ1n) is 10.4. The average Bonchev–Trinajstić information content (AvgIpc) is 3.00. The van der Waals surface area contributed by atoms with Gasteiger partial charge in [-0.05, 0) is 69.9 Å². The van der Waals surface area contributed by atoms with Gasteiger partial charge in [0.2, 0.25) is 0 Å². The Labute approximate surface area is 198 Å². The molecule has 1 saturated heterocycles. The molecule has 1 amide bonds. The van der Waals surface area contributed by atoms with Crippen LogP contribution in [0.15, 0.2) is 48.0 Å². The Morgan fingerprint density at radius 1 is 1.12 bits per heavy atom. The second kappa shape index (κ2) is 10.4. The number of halogens is 2. The van der Waals surface area contributed by atoms with Gasteiger partial charge in [-0.2, -0.15) is 0 Å². The topological polar surface area (TPSA) is 70.1 Å². The number of Topliss-reactive ketones (excluding diaryl/α,β-unsaturated/α-hetero) is 1. The van der Waals surface area contributed by atoms with Gasteiger partial charge in [-0.1, -0.05) is 35.3 Å². The third-order valence-electron chi connectivity index (χ3n) is 5.24. The number of nitrogens with zero attached hydrogens (tertiary/aromatic N) is 2. The summed E-state index contributed by atoms with van der Waals surface area (Å²) in [6.45, 7) is 3.41. The first-order valence-corrected chi connectivity index (χ1v) is 11.1. The summed E-state index contributed by atoms with van der Waals surface area (Å²) >= 11 is 12.3. The molecule has 170 valence electrons. The van der Waals surface area contributed by atoms with Gasteiger partial charge < -0.3 is 19.6 Å². The molecule has 1 N–H and O–H groups in total. The van der Waals surface area contributed by atoms with E-state index in [4.69, 9.17) is 27.9 Å². The fourth-order valence-electron chi connectivity index (χ4n) is 3.74. The summed E-state index contributed by atoms with van der Waals surface area (Å²) in [5.74, 6) is -1.16. The zero-order chi connectivity index (χ0) is 23.4. The molecule has 8 heteroatoms. The second-order valence-corrected chi connectivity index (χ2v) is 8.62. The number of ketones is 1. The minimum absolute atomic E-state index is 0.0300. The Balaban J connectivity index is 2.08. The van der Waals surface area contributed by atoms with Gasteiger partial charge in [-0.25, -0.2) is 0 Å². The lowest BCUT2D eigenvalue weighted by atomic mass is 9.95. The highest BCUT2D eigenvalue weighted by atomic mass is 35.5. The van der Waals surface area contributed by atoms with Crippen molar-refractivity contribution in [2.24, 2.45) is 0 Å². The van der Waals surface area contributed by atoms with Crippen molar-refractivity contribution >= 4 is 40.7 Å². The van der Waals surface area contributed by atoms with Crippen molar-refractivity contribution in [1.29, 1.82) is 0 Å². The second-order valence-electron chi connectivity index (χ2n) is 7.78. The van der Waals surface area contributed by atoms with Crippen LogP contribution in [0.25, 0.3) is 5.76 Å². The normalized spacial score (nSPS) is 17.9. The van der Waals surface area contributed by atoms with E-state index in [1.165, 1.54) is 11.0 Å². The smallest absolute Gasteiger partial charge is 0.295 e. The van der Waals surface area contributed by atoms with E-state index < -0.39 is 17.7 Å². The van der Waals surface area contributed by atoms with E-state index in [1.807, 2.05) is 25.9 Å². The number of hydrogen-bond acceptors (Lipinski definition) is 5. The molecule has 0 aromatic heterocycles. The number of rotatable bonds is 8. The van der Waals surface area contributed by atoms with Crippen molar-refractivity contribution in [3.05, 3.63) is 69.2 Å². The SMILES string of the molecule is CCOc1ccc(C(O)=C2C(=O)C(=O)N(CCCN(C)C)C2c2ccc(Cl)cc2)cc1Cl. The third-order valence-corrected chi connectivity index (χ3v) is 5.78. The minimum atomic E-state index is -0.725. The summed E-state index contributed by atoms with van der Waals surface area (Å²) in [5, 5.41) is 12.0. The Kier molecular flexibility index (Phi) is 7.82. The largest absolute Gasteiger partial charge is 0.507 e. The van der Waals surface area contributed by atoms with Crippen molar-refractivity contribution in [3.63, 3.8) is 0 Å². The van der Waals surface area contributed by atoms with Crippen molar-refractivity contribution < 1.29 is 19.4 Å². The minimum Gasteiger partial charge on any atom is -0.507 e. The molecule has 1 aliphatic rings. The maximum absolute atomic E-state index is 13.0. The number of amides is 1. The maximum atomic E-state index is 13.0. The standard InChI is InChI=1S/C24H26Cl2N2O4/c1-4-32-19-11-8-16(14-18(19)26)22(29)20-21(15-6-9-17(25)10-7-15)28(24(31)23(20)30)13-5-12-27(2)3/h6-11,14,21,29H,4-5,12-13H2,1-3H3. The van der Waals surface area contributed by atoms with Crippen LogP contribution in [0.5, 0.6) is 5.75 Å². The molecule has 3 rings (SSSR count). The quantitative estimate of drug-likeness (QED) is 0.337. The molecule has 1 heterocycles. The molecule has 0 radical (unpaired) electrons. The molecule has 2 aromatic rings. The van der Waals surface area contributed by atoms with Crippen LogP contribution in [0, 0.1) is 0 Å². The summed E-state index contributed by atoms with van der Waals surface area (Å²) in [5.41, 5.74) is 1.06. The van der Waals surface area contributed by atoms with Crippen LogP contribution in [-0.2, 0) is 9.59 Å². The Morgan fingerprint density at radius 2 is 1.81 bits per heavy atom. The van der Waals surface area contributed by atoms with Crippen molar-refractivity contribution in [2.45, 2.75) is 19.4 Å². The third kappa shape index (κ3) is 5.09. The molecule has 0 bridgehead atoms. The van der Waals surface area contributed by atoms with E-state index >= 15 is 0 Å². The number of carbonyl (C=O) groups excluding carboxylic acids is 2. The number of likely N-dealkylation sites (tertiary alicyclic amines) is 1. The highest BCUT2D eigenvalue weighted by Crippen LogP contribution is 2.40. The Bertz CT molecular complexity index is 1030. The molecule has 1 unspecified atom stereocenters. The van der Waals surface area contributed by atoms with Crippen LogP contribution in [0.1, 0.15) is 30.5 Å². The lowest BCUT2D eigenvalue weighted by Crippen LogP contribution is -2.32. The summed E-state index contributed by atoms with van der Waals surface area (Å²) in [6.07, 6.45) is 0.680. The van der Waals surface area contributed by atoms with Gasteiger partial charge in [0.1, 0.15) is 11.5 Å². The number of benzene rings is 2. The molecule has 1 atom stereocenters. The van der Waals surface area contributed by atoms with Crippen LogP contribution in [0.3, 0.4) is 0 Å². The molecule has 2 aromatic carbocycles. The van der Waals surface area contributed by atoms with Gasteiger partial charge in [0, 0.05) is 17.1 Å². The van der Waals surface area contributed by atoms with Crippen LogP contribution >= 0.6 is 23.2 Å². The lowest BCUT2D eigenvalue weighted by Gasteiger charge is -2.26. The van der Waals surface area contributed by atoms with Gasteiger partial charge in [0.25, 0.3) is 11.7 Å². The van der Waals surface area contributed by atoms with E-state index in [2.05, 4.69) is 0 Å². The van der Waals surface area contributed by atoms with E-state index in [-0.39, 0.29) is 11.3 Å². The number of aliphatic hydroxyl groups is 1. The van der Waals surface area contributed by atoms with Gasteiger partial charge in [-0.3, -0.25) is 9.59 Å². The number of carbonyl (C=O) groups is 2. The highest BCUT2D eigenvalue weighted by molar-refractivity contribution is 6.46. The van der Waals surface area contributed by atoms with Crippen LogP contribution in [0.2, 0.25) is 10.0 Å². The monoisotopic (exact) mass is 476 g/mol. The first kappa shape index (κ1) is 24.1. The molecule has 0 aliphatic carbocycles. The fraction of sp³-hybridized carbons (Fsp3) is 0.333. The van der Waals surface area contributed by atoms with Crippen LogP contribution < -0.4 is 4.74 Å². The molecule has 0 saturated carbocycles. The molecule has 0 spiro atoms. The molecule has 32 heavy (non-hydrogen) atoms. The fourth-order valence-corrected chi connectivity index (χ4v) is 4.10. The van der Waals surface area contributed by atoms with E-state index in [0.717, 1.165) is 6.54 Å². The van der Waals surface area contributed by atoms with E-state index in [1.54, 1.807) is 36.4 Å². The number of hydrogen-bond donors (Lipinski definition) is 1. The predicted molar refractivity (Wildman–Crippen MR) is 126 cm³/mol. The summed E-state index contributed by atoms with van der Waals surface area (Å²) < 4.78 is 5.44. The summed E-state index contributed by atoms with van der Waals surface area (Å²) in [7, 11) is 3.89. The Morgan fingerprint density at radius 3 is 2.41 bits per heavy atom. The van der Waals surface area contributed by atoms with E-state index in [0.29, 0.717) is 46.5 Å². The lowest BCUT2D eigenvalue weighted by molar-refractivity contribution is -0.139. The molecular formula is C24H26Cl2N2O4. The summed E-state index contributed by atoms with van der Waals surface area (Å²) in [4.78, 5) is 29.5. The zero-order valence-electron chi connectivity index (χ0n) is 18.3. The van der Waals surface area contributed by atoms with Crippen molar-refractivity contribution in [3.8, 4) is 5.75 Å². The molecule has 1 aliphatic heterocycles. The van der Waals surface area contributed by atoms with Crippen molar-refractivity contribution in [2.75, 3.05) is 33.8 Å². The summed E-state index contributed by atoms with van der Waals surface area (Å²) in [6, 6.07) is 11.0. The van der Waals surface area contributed by atoms with Crippen molar-refractivity contribution in [1.82, 2.24) is 9.80 Å². The Hall–Kier alpha value is -2.54.